The molecule has 0 amide bonds. The van der Waals surface area contributed by atoms with Gasteiger partial charge in [0, 0.05) is 0 Å². The zero-order valence-corrected chi connectivity index (χ0v) is 8.97. The van der Waals surface area contributed by atoms with Crippen LogP contribution in [0.1, 0.15) is 33.1 Å². The van der Waals surface area contributed by atoms with Gasteiger partial charge in [0.2, 0.25) is 0 Å². The zero-order valence-electron chi connectivity index (χ0n) is 7.38. The van der Waals surface area contributed by atoms with E-state index in [1.807, 2.05) is 0 Å². The Kier molecular flexibility index (Phi) is 4.78. The average molecular weight is 239 g/mol. The molecular formula is C8H15BrO3. The van der Waals surface area contributed by atoms with Crippen LogP contribution in [0.3, 0.4) is 0 Å². The third kappa shape index (κ3) is 4.72. The highest BCUT2D eigenvalue weighted by molar-refractivity contribution is 9.10. The summed E-state index contributed by atoms with van der Waals surface area (Å²) in [7, 11) is 0. The Morgan fingerprint density at radius 2 is 2.17 bits per heavy atom. The molecule has 0 aromatic carbocycles. The highest BCUT2D eigenvalue weighted by Gasteiger charge is 2.28. The summed E-state index contributed by atoms with van der Waals surface area (Å²) in [5.41, 5.74) is 0. The standard InChI is InChI=1S/C8H15BrO3/c1-6(10)4-3-5-8(2,9)7(11)12/h6,10H,3-5H2,1-2H3,(H,11,12). The monoisotopic (exact) mass is 238 g/mol. The van der Waals surface area contributed by atoms with Crippen molar-refractivity contribution in [2.75, 3.05) is 0 Å². The molecule has 3 nitrogen and oxygen atoms in total. The van der Waals surface area contributed by atoms with E-state index in [1.165, 1.54) is 0 Å². The molecule has 0 heterocycles. The third-order valence-corrected chi connectivity index (χ3v) is 2.45. The van der Waals surface area contributed by atoms with Gasteiger partial charge in [-0.25, -0.2) is 0 Å². The lowest BCUT2D eigenvalue weighted by atomic mass is 10.0. The Bertz CT molecular complexity index is 154. The number of carboxylic acids is 1. The number of halogens is 1. The van der Waals surface area contributed by atoms with Gasteiger partial charge >= 0.3 is 5.97 Å². The summed E-state index contributed by atoms with van der Waals surface area (Å²) in [4.78, 5) is 10.6. The normalized spacial score (nSPS) is 18.3. The van der Waals surface area contributed by atoms with Gasteiger partial charge in [-0.1, -0.05) is 15.9 Å². The molecule has 0 aliphatic carbocycles. The van der Waals surface area contributed by atoms with E-state index < -0.39 is 10.3 Å². The molecule has 4 heteroatoms. The van der Waals surface area contributed by atoms with Gasteiger partial charge in [-0.2, -0.15) is 0 Å². The smallest absolute Gasteiger partial charge is 0.320 e. The number of rotatable bonds is 5. The molecule has 0 aliphatic heterocycles. The molecule has 72 valence electrons. The predicted molar refractivity (Wildman–Crippen MR) is 50.5 cm³/mol. The molecular weight excluding hydrogens is 224 g/mol. The van der Waals surface area contributed by atoms with Crippen LogP contribution in [0.5, 0.6) is 0 Å². The van der Waals surface area contributed by atoms with Crippen molar-refractivity contribution in [2.24, 2.45) is 0 Å². The lowest BCUT2D eigenvalue weighted by molar-refractivity contribution is -0.139. The van der Waals surface area contributed by atoms with Crippen molar-refractivity contribution in [1.29, 1.82) is 0 Å². The lowest BCUT2D eigenvalue weighted by Gasteiger charge is -2.16. The lowest BCUT2D eigenvalue weighted by Crippen LogP contribution is -2.27. The fourth-order valence-corrected chi connectivity index (χ4v) is 1.12. The summed E-state index contributed by atoms with van der Waals surface area (Å²) in [5.74, 6) is -0.854. The largest absolute Gasteiger partial charge is 0.480 e. The van der Waals surface area contributed by atoms with Crippen molar-refractivity contribution in [3.63, 3.8) is 0 Å². The Morgan fingerprint density at radius 3 is 2.50 bits per heavy atom. The van der Waals surface area contributed by atoms with Crippen LogP contribution in [-0.4, -0.2) is 26.6 Å². The molecule has 2 unspecified atom stereocenters. The first-order valence-corrected chi connectivity index (χ1v) is 4.76. The van der Waals surface area contributed by atoms with Crippen molar-refractivity contribution < 1.29 is 15.0 Å². The molecule has 0 aliphatic rings. The second-order valence-corrected chi connectivity index (χ2v) is 4.99. The molecule has 12 heavy (non-hydrogen) atoms. The van der Waals surface area contributed by atoms with E-state index in [1.54, 1.807) is 13.8 Å². The molecule has 0 spiro atoms. The van der Waals surface area contributed by atoms with Crippen LogP contribution in [0.15, 0.2) is 0 Å². The predicted octanol–water partition coefficient (Wildman–Crippen LogP) is 1.78. The van der Waals surface area contributed by atoms with E-state index in [4.69, 9.17) is 10.2 Å². The van der Waals surface area contributed by atoms with E-state index in [-0.39, 0.29) is 6.10 Å². The number of alkyl halides is 1. The number of carboxylic acid groups (broad SMARTS) is 1. The zero-order chi connectivity index (χ0) is 9.78. The van der Waals surface area contributed by atoms with Gasteiger partial charge in [0.15, 0.2) is 0 Å². The number of aliphatic hydroxyl groups excluding tert-OH is 1. The molecule has 0 saturated heterocycles. The van der Waals surface area contributed by atoms with E-state index in [2.05, 4.69) is 15.9 Å². The minimum Gasteiger partial charge on any atom is -0.480 e. The number of aliphatic carboxylic acids is 1. The highest BCUT2D eigenvalue weighted by atomic mass is 79.9. The van der Waals surface area contributed by atoms with Crippen molar-refractivity contribution in [2.45, 2.75) is 43.5 Å². The first-order chi connectivity index (χ1) is 5.36. The minimum absolute atomic E-state index is 0.345. The SMILES string of the molecule is CC(O)CCCC(C)(Br)C(=O)O. The van der Waals surface area contributed by atoms with Crippen LogP contribution >= 0.6 is 15.9 Å². The van der Waals surface area contributed by atoms with Gasteiger partial charge in [-0.3, -0.25) is 4.79 Å². The second kappa shape index (κ2) is 4.82. The van der Waals surface area contributed by atoms with E-state index in [0.717, 1.165) is 0 Å². The quantitative estimate of drug-likeness (QED) is 0.719. The van der Waals surface area contributed by atoms with E-state index >= 15 is 0 Å². The summed E-state index contributed by atoms with van der Waals surface area (Å²) in [6.07, 6.45) is 1.55. The van der Waals surface area contributed by atoms with Crippen LogP contribution in [-0.2, 0) is 4.79 Å². The van der Waals surface area contributed by atoms with Crippen LogP contribution in [0.4, 0.5) is 0 Å². The van der Waals surface area contributed by atoms with Gasteiger partial charge in [-0.15, -0.1) is 0 Å². The molecule has 0 saturated carbocycles. The minimum atomic E-state index is -0.854. The summed E-state index contributed by atoms with van der Waals surface area (Å²) in [6.45, 7) is 3.32. The first kappa shape index (κ1) is 11.9. The molecule has 0 aromatic rings. The maximum atomic E-state index is 10.6. The van der Waals surface area contributed by atoms with Crippen molar-refractivity contribution in [3.05, 3.63) is 0 Å². The van der Waals surface area contributed by atoms with Crippen molar-refractivity contribution in [3.8, 4) is 0 Å². The van der Waals surface area contributed by atoms with Crippen LogP contribution < -0.4 is 0 Å². The highest BCUT2D eigenvalue weighted by Crippen LogP contribution is 2.24. The number of carbonyl (C=O) groups is 1. The maximum Gasteiger partial charge on any atom is 0.320 e. The van der Waals surface area contributed by atoms with Crippen molar-refractivity contribution >= 4 is 21.9 Å². The van der Waals surface area contributed by atoms with Gasteiger partial charge in [0.25, 0.3) is 0 Å². The molecule has 0 rings (SSSR count). The Balaban J connectivity index is 3.69. The molecule has 0 fully saturated rings. The third-order valence-electron chi connectivity index (χ3n) is 1.71. The maximum absolute atomic E-state index is 10.6. The fraction of sp³-hybridized carbons (Fsp3) is 0.875. The number of aliphatic hydroxyl groups is 1. The molecule has 0 bridgehead atoms. The van der Waals surface area contributed by atoms with E-state index in [0.29, 0.717) is 19.3 Å². The molecule has 2 N–H and O–H groups in total. The second-order valence-electron chi connectivity index (χ2n) is 3.24. The summed E-state index contributed by atoms with van der Waals surface area (Å²) >= 11 is 3.12. The average Bonchev–Trinajstić information content (AvgIpc) is 1.85. The topological polar surface area (TPSA) is 57.5 Å². The Hall–Kier alpha value is -0.0900. The van der Waals surface area contributed by atoms with Crippen LogP contribution in [0, 0.1) is 0 Å². The van der Waals surface area contributed by atoms with Crippen LogP contribution in [0.25, 0.3) is 0 Å². The summed E-state index contributed by atoms with van der Waals surface area (Å²) < 4.78 is -0.845. The Labute approximate surface area is 80.9 Å². The van der Waals surface area contributed by atoms with Crippen molar-refractivity contribution in [1.82, 2.24) is 0 Å². The Morgan fingerprint density at radius 1 is 1.67 bits per heavy atom. The van der Waals surface area contributed by atoms with Gasteiger partial charge in [0.05, 0.1) is 6.10 Å². The summed E-state index contributed by atoms with van der Waals surface area (Å²) in [5, 5.41) is 17.6. The first-order valence-electron chi connectivity index (χ1n) is 3.96. The molecule has 2 atom stereocenters. The molecule has 0 radical (unpaired) electrons. The molecule has 0 aromatic heterocycles. The summed E-state index contributed by atoms with van der Waals surface area (Å²) in [6, 6.07) is 0. The fourth-order valence-electron chi connectivity index (χ4n) is 0.836. The van der Waals surface area contributed by atoms with Gasteiger partial charge in [-0.05, 0) is 33.1 Å². The van der Waals surface area contributed by atoms with Gasteiger partial charge < -0.3 is 10.2 Å². The van der Waals surface area contributed by atoms with Gasteiger partial charge in [0.1, 0.15) is 4.32 Å². The van der Waals surface area contributed by atoms with E-state index in [9.17, 15) is 4.79 Å². The number of hydrogen-bond acceptors (Lipinski definition) is 2. The number of hydrogen-bond donors (Lipinski definition) is 2. The van der Waals surface area contributed by atoms with Crippen LogP contribution in [0.2, 0.25) is 0 Å².